The summed E-state index contributed by atoms with van der Waals surface area (Å²) in [5, 5.41) is 1.60. The van der Waals surface area contributed by atoms with E-state index in [0.717, 1.165) is 30.2 Å². The zero-order valence-electron chi connectivity index (χ0n) is 8.53. The Morgan fingerprint density at radius 1 is 1.47 bits per heavy atom. The number of aldehydes is 1. The van der Waals surface area contributed by atoms with Crippen molar-refractivity contribution in [1.82, 2.24) is 4.57 Å². The molecule has 0 amide bonds. The van der Waals surface area contributed by atoms with E-state index in [1.165, 1.54) is 0 Å². The van der Waals surface area contributed by atoms with Gasteiger partial charge in [0.25, 0.3) is 0 Å². The fourth-order valence-electron chi connectivity index (χ4n) is 1.82. The van der Waals surface area contributed by atoms with Crippen molar-refractivity contribution in [2.75, 3.05) is 0 Å². The van der Waals surface area contributed by atoms with Crippen LogP contribution in [0, 0.1) is 0 Å². The van der Waals surface area contributed by atoms with Gasteiger partial charge in [-0.25, -0.2) is 0 Å². The van der Waals surface area contributed by atoms with Crippen LogP contribution in [0.1, 0.15) is 23.7 Å². The number of fused-ring (bicyclic) bond motifs is 1. The molecule has 78 valence electrons. The maximum Gasteiger partial charge on any atom is 0.152 e. The Hall–Kier alpha value is -1.28. The average molecular weight is 222 g/mol. The molecule has 3 heteroatoms. The molecule has 2 nitrogen and oxygen atoms in total. The molecule has 2 rings (SSSR count). The van der Waals surface area contributed by atoms with E-state index in [0.29, 0.717) is 10.6 Å². The van der Waals surface area contributed by atoms with Gasteiger partial charge in [0.05, 0.1) is 0 Å². The van der Waals surface area contributed by atoms with E-state index in [-0.39, 0.29) is 0 Å². The van der Waals surface area contributed by atoms with Gasteiger partial charge in [-0.1, -0.05) is 18.5 Å². The second-order valence-corrected chi connectivity index (χ2v) is 3.99. The summed E-state index contributed by atoms with van der Waals surface area (Å²) in [5.74, 6) is 0. The SMILES string of the molecule is CCCn1cc(C=O)c2cc(Cl)ccc21. The normalized spacial score (nSPS) is 10.8. The first-order valence-electron chi connectivity index (χ1n) is 5.00. The number of aryl methyl sites for hydroxylation is 1. The van der Waals surface area contributed by atoms with Crippen molar-refractivity contribution in [3.63, 3.8) is 0 Å². The summed E-state index contributed by atoms with van der Waals surface area (Å²) in [7, 11) is 0. The number of nitrogens with zero attached hydrogens (tertiary/aromatic N) is 1. The molecule has 0 saturated heterocycles. The molecule has 0 radical (unpaired) electrons. The van der Waals surface area contributed by atoms with E-state index in [4.69, 9.17) is 11.6 Å². The van der Waals surface area contributed by atoms with Gasteiger partial charge in [0.2, 0.25) is 0 Å². The molecular formula is C12H12ClNO. The highest BCUT2D eigenvalue weighted by Crippen LogP contribution is 2.24. The first-order valence-corrected chi connectivity index (χ1v) is 5.37. The summed E-state index contributed by atoms with van der Waals surface area (Å²) < 4.78 is 2.09. The van der Waals surface area contributed by atoms with Gasteiger partial charge in [-0.05, 0) is 24.6 Å². The van der Waals surface area contributed by atoms with E-state index >= 15 is 0 Å². The minimum atomic E-state index is 0.667. The summed E-state index contributed by atoms with van der Waals surface area (Å²) in [4.78, 5) is 10.9. The van der Waals surface area contributed by atoms with E-state index in [9.17, 15) is 4.79 Å². The Bertz CT molecular complexity index is 502. The fourth-order valence-corrected chi connectivity index (χ4v) is 1.99. The molecule has 1 heterocycles. The van der Waals surface area contributed by atoms with Gasteiger partial charge in [-0.2, -0.15) is 0 Å². The molecule has 2 aromatic rings. The Kier molecular flexibility index (Phi) is 2.78. The van der Waals surface area contributed by atoms with Gasteiger partial charge in [-0.15, -0.1) is 0 Å². The third kappa shape index (κ3) is 1.77. The predicted molar refractivity (Wildman–Crippen MR) is 62.6 cm³/mol. The van der Waals surface area contributed by atoms with Crippen LogP contribution >= 0.6 is 11.6 Å². The van der Waals surface area contributed by atoms with Crippen LogP contribution in [0.15, 0.2) is 24.4 Å². The molecule has 0 aliphatic rings. The van der Waals surface area contributed by atoms with Crippen LogP contribution in [0.4, 0.5) is 0 Å². The molecule has 0 fully saturated rings. The van der Waals surface area contributed by atoms with Crippen molar-refractivity contribution in [1.29, 1.82) is 0 Å². The van der Waals surface area contributed by atoms with Crippen molar-refractivity contribution < 1.29 is 4.79 Å². The lowest BCUT2D eigenvalue weighted by atomic mass is 10.2. The molecule has 0 N–H and O–H groups in total. The predicted octanol–water partition coefficient (Wildman–Crippen LogP) is 3.52. The van der Waals surface area contributed by atoms with Gasteiger partial charge in [0.1, 0.15) is 0 Å². The van der Waals surface area contributed by atoms with Gasteiger partial charge in [-0.3, -0.25) is 4.79 Å². The lowest BCUT2D eigenvalue weighted by Gasteiger charge is -2.01. The van der Waals surface area contributed by atoms with Crippen LogP contribution in [0.5, 0.6) is 0 Å². The number of carbonyl (C=O) groups excluding carboxylic acids is 1. The van der Waals surface area contributed by atoms with Crippen molar-refractivity contribution in [3.05, 3.63) is 35.0 Å². The number of benzene rings is 1. The van der Waals surface area contributed by atoms with Gasteiger partial charge in [0.15, 0.2) is 6.29 Å². The second kappa shape index (κ2) is 4.07. The van der Waals surface area contributed by atoms with Crippen LogP contribution < -0.4 is 0 Å². The van der Waals surface area contributed by atoms with Crippen molar-refractivity contribution in [3.8, 4) is 0 Å². The first kappa shape index (κ1) is 10.2. The van der Waals surface area contributed by atoms with Crippen LogP contribution in [-0.4, -0.2) is 10.9 Å². The number of aromatic nitrogens is 1. The van der Waals surface area contributed by atoms with Gasteiger partial charge in [0, 0.05) is 34.2 Å². The van der Waals surface area contributed by atoms with Gasteiger partial charge >= 0.3 is 0 Å². The first-order chi connectivity index (χ1) is 7.26. The minimum Gasteiger partial charge on any atom is -0.347 e. The average Bonchev–Trinajstić information content (AvgIpc) is 2.56. The summed E-state index contributed by atoms with van der Waals surface area (Å²) >= 11 is 5.91. The summed E-state index contributed by atoms with van der Waals surface area (Å²) in [6.07, 6.45) is 3.81. The molecule has 0 saturated carbocycles. The van der Waals surface area contributed by atoms with Crippen LogP contribution in [0.2, 0.25) is 5.02 Å². The van der Waals surface area contributed by atoms with Crippen LogP contribution in [0.25, 0.3) is 10.9 Å². The molecule has 0 aliphatic carbocycles. The lowest BCUT2D eigenvalue weighted by Crippen LogP contribution is -1.93. The number of hydrogen-bond acceptors (Lipinski definition) is 1. The molecule has 0 aliphatic heterocycles. The highest BCUT2D eigenvalue weighted by Gasteiger charge is 2.07. The van der Waals surface area contributed by atoms with E-state index in [1.807, 2.05) is 24.4 Å². The molecule has 0 atom stereocenters. The Labute approximate surface area is 93.5 Å². The maximum atomic E-state index is 10.9. The number of rotatable bonds is 3. The lowest BCUT2D eigenvalue weighted by molar-refractivity contribution is 0.112. The molecule has 0 spiro atoms. The Morgan fingerprint density at radius 2 is 2.27 bits per heavy atom. The van der Waals surface area contributed by atoms with Crippen molar-refractivity contribution >= 4 is 28.8 Å². The zero-order valence-corrected chi connectivity index (χ0v) is 9.29. The standard InChI is InChI=1S/C12H12ClNO/c1-2-5-14-7-9(8-15)11-6-10(13)3-4-12(11)14/h3-4,6-8H,2,5H2,1H3. The monoisotopic (exact) mass is 221 g/mol. The maximum absolute atomic E-state index is 10.9. The van der Waals surface area contributed by atoms with Crippen molar-refractivity contribution in [2.45, 2.75) is 19.9 Å². The topological polar surface area (TPSA) is 22.0 Å². The van der Waals surface area contributed by atoms with E-state index < -0.39 is 0 Å². The summed E-state index contributed by atoms with van der Waals surface area (Å²) in [5.41, 5.74) is 1.78. The summed E-state index contributed by atoms with van der Waals surface area (Å²) in [6.45, 7) is 3.04. The Balaban J connectivity index is 2.69. The third-order valence-electron chi connectivity index (χ3n) is 2.47. The molecule has 1 aromatic carbocycles. The minimum absolute atomic E-state index is 0.667. The molecule has 1 aromatic heterocycles. The van der Waals surface area contributed by atoms with Crippen molar-refractivity contribution in [2.24, 2.45) is 0 Å². The van der Waals surface area contributed by atoms with E-state index in [2.05, 4.69) is 11.5 Å². The third-order valence-corrected chi connectivity index (χ3v) is 2.70. The van der Waals surface area contributed by atoms with Crippen LogP contribution in [-0.2, 0) is 6.54 Å². The number of halogens is 1. The van der Waals surface area contributed by atoms with E-state index in [1.54, 1.807) is 0 Å². The Morgan fingerprint density at radius 3 is 2.93 bits per heavy atom. The quantitative estimate of drug-likeness (QED) is 0.727. The fraction of sp³-hybridized carbons (Fsp3) is 0.250. The highest BCUT2D eigenvalue weighted by molar-refractivity contribution is 6.31. The molecule has 0 unspecified atom stereocenters. The number of carbonyl (C=O) groups is 1. The molecular weight excluding hydrogens is 210 g/mol. The van der Waals surface area contributed by atoms with Gasteiger partial charge < -0.3 is 4.57 Å². The summed E-state index contributed by atoms with van der Waals surface area (Å²) in [6, 6.07) is 5.65. The molecule has 0 bridgehead atoms. The zero-order chi connectivity index (χ0) is 10.8. The highest BCUT2D eigenvalue weighted by atomic mass is 35.5. The van der Waals surface area contributed by atoms with Crippen LogP contribution in [0.3, 0.4) is 0 Å². The largest absolute Gasteiger partial charge is 0.347 e. The number of hydrogen-bond donors (Lipinski definition) is 0. The second-order valence-electron chi connectivity index (χ2n) is 3.56. The molecule has 15 heavy (non-hydrogen) atoms. The smallest absolute Gasteiger partial charge is 0.152 e.